The van der Waals surface area contributed by atoms with E-state index in [2.05, 4.69) is 31.0 Å². The third-order valence-corrected chi connectivity index (χ3v) is 4.53. The summed E-state index contributed by atoms with van der Waals surface area (Å²) in [6.07, 6.45) is 0.798. The fourth-order valence-electron chi connectivity index (χ4n) is 2.28. The van der Waals surface area contributed by atoms with Crippen molar-refractivity contribution >= 4 is 34.9 Å². The van der Waals surface area contributed by atoms with Crippen LogP contribution in [0.2, 0.25) is 10.0 Å². The van der Waals surface area contributed by atoms with E-state index < -0.39 is 5.97 Å². The number of halogens is 2. The zero-order valence-corrected chi connectivity index (χ0v) is 13.8. The van der Waals surface area contributed by atoms with Gasteiger partial charge in [-0.05, 0) is 32.2 Å². The van der Waals surface area contributed by atoms with Crippen LogP contribution < -0.4 is 0 Å². The maximum absolute atomic E-state index is 12.0. The Morgan fingerprint density at radius 1 is 1.33 bits per heavy atom. The molecule has 0 aliphatic carbocycles. The van der Waals surface area contributed by atoms with E-state index in [0.717, 1.165) is 18.7 Å². The van der Waals surface area contributed by atoms with E-state index in [9.17, 15) is 4.79 Å². The summed E-state index contributed by atoms with van der Waals surface area (Å²) in [5.41, 5.74) is 1.25. The number of nitrogens with zero attached hydrogens (tertiary/aromatic N) is 2. The van der Waals surface area contributed by atoms with Crippen molar-refractivity contribution in [2.24, 2.45) is 11.1 Å². The van der Waals surface area contributed by atoms with Crippen LogP contribution in [0.25, 0.3) is 0 Å². The Morgan fingerprint density at radius 2 is 2.05 bits per heavy atom. The lowest BCUT2D eigenvalue weighted by atomic mass is 9.93. The minimum Gasteiger partial charge on any atom is -0.313 e. The van der Waals surface area contributed by atoms with Crippen LogP contribution in [0.15, 0.2) is 23.4 Å². The summed E-state index contributed by atoms with van der Waals surface area (Å²) in [5.74, 6) is -0.257. The molecule has 0 spiro atoms. The van der Waals surface area contributed by atoms with Gasteiger partial charge in [0.05, 0.1) is 21.3 Å². The van der Waals surface area contributed by atoms with Gasteiger partial charge in [0.25, 0.3) is 0 Å². The molecule has 6 heteroatoms. The lowest BCUT2D eigenvalue weighted by Crippen LogP contribution is -2.43. The van der Waals surface area contributed by atoms with Crippen molar-refractivity contribution in [3.8, 4) is 0 Å². The van der Waals surface area contributed by atoms with Crippen LogP contribution in [0.3, 0.4) is 0 Å². The molecule has 1 aliphatic heterocycles. The van der Waals surface area contributed by atoms with E-state index in [1.807, 2.05) is 0 Å². The van der Waals surface area contributed by atoms with E-state index in [-0.39, 0.29) is 5.92 Å². The number of carbonyl (C=O) groups is 1. The van der Waals surface area contributed by atoms with Gasteiger partial charge in [0.15, 0.2) is 0 Å². The van der Waals surface area contributed by atoms with Crippen molar-refractivity contribution in [1.82, 2.24) is 4.90 Å². The van der Waals surface area contributed by atoms with Crippen molar-refractivity contribution in [3.05, 3.63) is 33.8 Å². The normalized spacial score (nSPS) is 25.1. The minimum atomic E-state index is -0.528. The number of piperidine rings is 1. The van der Waals surface area contributed by atoms with Gasteiger partial charge in [-0.1, -0.05) is 35.3 Å². The summed E-state index contributed by atoms with van der Waals surface area (Å²) in [7, 11) is 2.08. The molecule has 1 saturated heterocycles. The molecule has 0 radical (unpaired) electrons. The molecule has 0 saturated carbocycles. The lowest BCUT2D eigenvalue weighted by Gasteiger charge is -2.34. The van der Waals surface area contributed by atoms with Crippen molar-refractivity contribution in [2.45, 2.75) is 26.3 Å². The van der Waals surface area contributed by atoms with Gasteiger partial charge in [0.2, 0.25) is 0 Å². The average Bonchev–Trinajstić information content (AvgIpc) is 2.44. The van der Waals surface area contributed by atoms with Crippen LogP contribution in [-0.4, -0.2) is 36.2 Å². The number of rotatable bonds is 2. The van der Waals surface area contributed by atoms with E-state index in [0.29, 0.717) is 21.7 Å². The SMILES string of the molecule is C[C@@H]1C/C(=N\OC(=O)c2ccc(Cl)c(Cl)c2)[C@@H](C)CN1C. The van der Waals surface area contributed by atoms with E-state index >= 15 is 0 Å². The fraction of sp³-hybridized carbons (Fsp3) is 0.467. The second-order valence-electron chi connectivity index (χ2n) is 5.48. The van der Waals surface area contributed by atoms with Gasteiger partial charge in [0, 0.05) is 24.9 Å². The summed E-state index contributed by atoms with van der Waals surface area (Å²) in [5, 5.41) is 4.76. The fourth-order valence-corrected chi connectivity index (χ4v) is 2.58. The monoisotopic (exact) mass is 328 g/mol. The molecule has 1 aromatic rings. The second-order valence-corrected chi connectivity index (χ2v) is 6.30. The maximum Gasteiger partial charge on any atom is 0.365 e. The van der Waals surface area contributed by atoms with Gasteiger partial charge < -0.3 is 9.74 Å². The summed E-state index contributed by atoms with van der Waals surface area (Å²) in [6, 6.07) is 5.00. The predicted octanol–water partition coefficient (Wildman–Crippen LogP) is 3.87. The molecule has 0 N–H and O–H groups in total. The summed E-state index contributed by atoms with van der Waals surface area (Å²) in [4.78, 5) is 19.3. The van der Waals surface area contributed by atoms with Crippen LogP contribution in [-0.2, 0) is 4.84 Å². The summed E-state index contributed by atoms with van der Waals surface area (Å²) in [6.45, 7) is 5.11. The van der Waals surface area contributed by atoms with Crippen molar-refractivity contribution < 1.29 is 9.63 Å². The van der Waals surface area contributed by atoms with Gasteiger partial charge in [0.1, 0.15) is 0 Å². The molecule has 4 nitrogen and oxygen atoms in total. The minimum absolute atomic E-state index is 0.271. The van der Waals surface area contributed by atoms with Gasteiger partial charge in [-0.25, -0.2) is 4.79 Å². The molecular formula is C15H18Cl2N2O2. The number of hydrogen-bond donors (Lipinski definition) is 0. The molecule has 1 fully saturated rings. The van der Waals surface area contributed by atoms with Gasteiger partial charge in [-0.3, -0.25) is 0 Å². The zero-order valence-electron chi connectivity index (χ0n) is 12.3. The third-order valence-electron chi connectivity index (χ3n) is 3.79. The topological polar surface area (TPSA) is 41.9 Å². The Balaban J connectivity index is 2.05. The summed E-state index contributed by atoms with van der Waals surface area (Å²) < 4.78 is 0. The first-order valence-electron chi connectivity index (χ1n) is 6.82. The van der Waals surface area contributed by atoms with Gasteiger partial charge in [-0.2, -0.15) is 0 Å². The standard InChI is InChI=1S/C15H18Cl2N2O2/c1-9-8-19(3)10(2)6-14(9)18-21-15(20)11-4-5-12(16)13(17)7-11/h4-5,7,9-10H,6,8H2,1-3H3/b18-14+/t9-,10+/m0/s1. The molecule has 21 heavy (non-hydrogen) atoms. The van der Waals surface area contributed by atoms with Crippen LogP contribution in [0, 0.1) is 5.92 Å². The molecule has 114 valence electrons. The highest BCUT2D eigenvalue weighted by Gasteiger charge is 2.26. The molecule has 1 heterocycles. The molecule has 0 amide bonds. The smallest absolute Gasteiger partial charge is 0.313 e. The quantitative estimate of drug-likeness (QED) is 0.611. The van der Waals surface area contributed by atoms with Crippen LogP contribution in [0.4, 0.5) is 0 Å². The number of benzene rings is 1. The number of oxime groups is 1. The second kappa shape index (κ2) is 6.77. The van der Waals surface area contributed by atoms with Crippen LogP contribution >= 0.6 is 23.2 Å². The Hall–Kier alpha value is -1.10. The van der Waals surface area contributed by atoms with Gasteiger partial charge >= 0.3 is 5.97 Å². The molecule has 0 aromatic heterocycles. The summed E-state index contributed by atoms with van der Waals surface area (Å²) >= 11 is 11.7. The average molecular weight is 329 g/mol. The highest BCUT2D eigenvalue weighted by Crippen LogP contribution is 2.23. The number of carbonyl (C=O) groups excluding carboxylic acids is 1. The Bertz CT molecular complexity index is 575. The molecule has 1 aromatic carbocycles. The van der Waals surface area contributed by atoms with Crippen LogP contribution in [0.1, 0.15) is 30.6 Å². The predicted molar refractivity (Wildman–Crippen MR) is 85.2 cm³/mol. The molecular weight excluding hydrogens is 311 g/mol. The Labute approximate surface area is 134 Å². The largest absolute Gasteiger partial charge is 0.365 e. The highest BCUT2D eigenvalue weighted by molar-refractivity contribution is 6.42. The number of hydrogen-bond acceptors (Lipinski definition) is 4. The van der Waals surface area contributed by atoms with Crippen LogP contribution in [0.5, 0.6) is 0 Å². The lowest BCUT2D eigenvalue weighted by molar-refractivity contribution is 0.0508. The Morgan fingerprint density at radius 3 is 2.71 bits per heavy atom. The molecule has 0 unspecified atom stereocenters. The van der Waals surface area contributed by atoms with Crippen molar-refractivity contribution in [2.75, 3.05) is 13.6 Å². The van der Waals surface area contributed by atoms with E-state index in [1.54, 1.807) is 12.1 Å². The molecule has 2 rings (SSSR count). The van der Waals surface area contributed by atoms with Crippen molar-refractivity contribution in [1.29, 1.82) is 0 Å². The molecule has 0 bridgehead atoms. The highest BCUT2D eigenvalue weighted by atomic mass is 35.5. The first-order valence-corrected chi connectivity index (χ1v) is 7.57. The third kappa shape index (κ3) is 3.96. The zero-order chi connectivity index (χ0) is 15.6. The van der Waals surface area contributed by atoms with Crippen molar-refractivity contribution in [3.63, 3.8) is 0 Å². The Kier molecular flexibility index (Phi) is 5.25. The molecule has 2 atom stereocenters. The maximum atomic E-state index is 12.0. The van der Waals surface area contributed by atoms with E-state index in [1.165, 1.54) is 6.07 Å². The first-order chi connectivity index (χ1) is 9.88. The first kappa shape index (κ1) is 16.3. The number of likely N-dealkylation sites (tertiary alicyclic amines) is 1. The van der Waals surface area contributed by atoms with E-state index in [4.69, 9.17) is 28.0 Å². The van der Waals surface area contributed by atoms with Gasteiger partial charge in [-0.15, -0.1) is 0 Å². The molecule has 1 aliphatic rings.